The molecule has 68 valence electrons. The number of para-hydroxylation sites is 2. The van der Waals surface area contributed by atoms with E-state index < -0.39 is 6.03 Å². The number of urea groups is 1. The molecule has 0 aliphatic carbocycles. The molecule has 1 aromatic carbocycles. The van der Waals surface area contributed by atoms with Crippen LogP contribution in [0.4, 0.5) is 4.79 Å². The van der Waals surface area contributed by atoms with E-state index in [4.69, 9.17) is 0 Å². The number of nitrogens with zero attached hydrogens (tertiary/aromatic N) is 2. The van der Waals surface area contributed by atoms with Crippen molar-refractivity contribution in [3.8, 4) is 0 Å². The molecule has 0 saturated heterocycles. The number of rotatable bonds is 0. The van der Waals surface area contributed by atoms with Crippen molar-refractivity contribution in [3.05, 3.63) is 35.0 Å². The summed E-state index contributed by atoms with van der Waals surface area (Å²) in [5.74, 6) is 0. The fourth-order valence-electron chi connectivity index (χ4n) is 0.884. The molecular weight excluding hydrogens is 164 g/mol. The second kappa shape index (κ2) is 4.50. The van der Waals surface area contributed by atoms with Gasteiger partial charge in [-0.1, -0.05) is 32.4 Å². The van der Waals surface area contributed by atoms with E-state index in [-0.39, 0.29) is 0 Å². The SMILES string of the molecule is CCC.O=C1N=c2ccccc2=N1. The number of amides is 2. The predicted molar refractivity (Wildman–Crippen MR) is 50.1 cm³/mol. The first kappa shape index (κ1) is 9.58. The van der Waals surface area contributed by atoms with Gasteiger partial charge in [0.25, 0.3) is 0 Å². The zero-order valence-electron chi connectivity index (χ0n) is 7.82. The zero-order chi connectivity index (χ0) is 9.68. The molecule has 1 aliphatic rings. The summed E-state index contributed by atoms with van der Waals surface area (Å²) in [6.07, 6.45) is 1.25. The van der Waals surface area contributed by atoms with Crippen LogP contribution in [0.25, 0.3) is 0 Å². The van der Waals surface area contributed by atoms with Gasteiger partial charge < -0.3 is 0 Å². The Morgan fingerprint density at radius 2 is 1.46 bits per heavy atom. The summed E-state index contributed by atoms with van der Waals surface area (Å²) in [4.78, 5) is 17.9. The second-order valence-corrected chi connectivity index (χ2v) is 2.70. The topological polar surface area (TPSA) is 41.8 Å². The van der Waals surface area contributed by atoms with E-state index in [1.54, 1.807) is 12.1 Å². The molecule has 0 bridgehead atoms. The number of carbonyl (C=O) groups is 1. The molecule has 1 aliphatic heterocycles. The molecule has 0 spiro atoms. The van der Waals surface area contributed by atoms with E-state index in [0.717, 1.165) is 0 Å². The van der Waals surface area contributed by atoms with E-state index in [1.807, 2.05) is 12.1 Å². The minimum atomic E-state index is -0.402. The maximum Gasteiger partial charge on any atom is 0.368 e. The largest absolute Gasteiger partial charge is 0.368 e. The summed E-state index contributed by atoms with van der Waals surface area (Å²) < 4.78 is 0. The molecule has 0 saturated carbocycles. The van der Waals surface area contributed by atoms with Crippen molar-refractivity contribution in [2.24, 2.45) is 9.98 Å². The summed E-state index contributed by atoms with van der Waals surface area (Å²) in [6, 6.07) is 6.79. The maximum atomic E-state index is 10.6. The van der Waals surface area contributed by atoms with Crippen LogP contribution >= 0.6 is 0 Å². The number of fused-ring (bicyclic) bond motifs is 1. The van der Waals surface area contributed by atoms with Gasteiger partial charge in [-0.3, -0.25) is 0 Å². The van der Waals surface area contributed by atoms with Crippen molar-refractivity contribution >= 4 is 6.03 Å². The molecule has 0 atom stereocenters. The molecule has 0 unspecified atom stereocenters. The Kier molecular flexibility index (Phi) is 3.31. The van der Waals surface area contributed by atoms with Crippen LogP contribution < -0.4 is 10.7 Å². The standard InChI is InChI=1S/C7H4N2O.C3H8/c10-7-8-5-3-1-2-4-6(5)9-7;1-3-2/h1-4H;3H2,1-2H3. The van der Waals surface area contributed by atoms with Crippen molar-refractivity contribution in [2.75, 3.05) is 0 Å². The highest BCUT2D eigenvalue weighted by atomic mass is 16.2. The molecule has 3 heteroatoms. The molecule has 2 amide bonds. The highest BCUT2D eigenvalue weighted by molar-refractivity contribution is 5.77. The van der Waals surface area contributed by atoms with Crippen LogP contribution in [0.15, 0.2) is 34.3 Å². The van der Waals surface area contributed by atoms with E-state index in [0.29, 0.717) is 10.7 Å². The summed E-state index contributed by atoms with van der Waals surface area (Å²) >= 11 is 0. The fourth-order valence-corrected chi connectivity index (χ4v) is 0.884. The van der Waals surface area contributed by atoms with Crippen molar-refractivity contribution in [2.45, 2.75) is 20.3 Å². The first-order chi connectivity index (χ1) is 6.27. The minimum Gasteiger partial charge on any atom is -0.244 e. The summed E-state index contributed by atoms with van der Waals surface area (Å²) in [5, 5.41) is 1.35. The van der Waals surface area contributed by atoms with Crippen molar-refractivity contribution in [1.29, 1.82) is 0 Å². The van der Waals surface area contributed by atoms with E-state index in [9.17, 15) is 4.79 Å². The Bertz CT molecular complexity index is 372. The molecule has 13 heavy (non-hydrogen) atoms. The Balaban J connectivity index is 0.000000251. The van der Waals surface area contributed by atoms with E-state index >= 15 is 0 Å². The van der Waals surface area contributed by atoms with Gasteiger partial charge >= 0.3 is 6.03 Å². The quantitative estimate of drug-likeness (QED) is 0.590. The summed E-state index contributed by atoms with van der Waals surface area (Å²) in [5.41, 5.74) is 0. The number of carbonyl (C=O) groups excluding carboxylic acids is 1. The molecule has 3 nitrogen and oxygen atoms in total. The molecule has 1 heterocycles. The summed E-state index contributed by atoms with van der Waals surface area (Å²) in [7, 11) is 0. The third-order valence-corrected chi connectivity index (χ3v) is 1.31. The van der Waals surface area contributed by atoms with Gasteiger partial charge in [0.1, 0.15) is 0 Å². The average molecular weight is 176 g/mol. The van der Waals surface area contributed by atoms with Crippen molar-refractivity contribution in [3.63, 3.8) is 0 Å². The normalized spacial score (nSPS) is 12.0. The van der Waals surface area contributed by atoms with Crippen LogP contribution in [0.2, 0.25) is 0 Å². The Hall–Kier alpha value is -1.51. The van der Waals surface area contributed by atoms with Crippen LogP contribution in [0.5, 0.6) is 0 Å². The summed E-state index contributed by atoms with van der Waals surface area (Å²) in [6.45, 7) is 4.25. The van der Waals surface area contributed by atoms with Gasteiger partial charge in [0.15, 0.2) is 0 Å². The van der Waals surface area contributed by atoms with Gasteiger partial charge in [-0.2, -0.15) is 9.98 Å². The lowest BCUT2D eigenvalue weighted by atomic mass is 10.3. The van der Waals surface area contributed by atoms with Gasteiger partial charge in [0, 0.05) is 0 Å². The maximum absolute atomic E-state index is 10.6. The minimum absolute atomic E-state index is 0.402. The van der Waals surface area contributed by atoms with Crippen LogP contribution in [0.3, 0.4) is 0 Å². The predicted octanol–water partition coefficient (Wildman–Crippen LogP) is 1.48. The molecule has 1 aromatic rings. The number of hydrogen-bond donors (Lipinski definition) is 0. The van der Waals surface area contributed by atoms with Crippen molar-refractivity contribution in [1.82, 2.24) is 0 Å². The van der Waals surface area contributed by atoms with Gasteiger partial charge in [0.2, 0.25) is 0 Å². The Morgan fingerprint density at radius 3 is 1.85 bits per heavy atom. The fraction of sp³-hybridized carbons (Fsp3) is 0.300. The lowest BCUT2D eigenvalue weighted by Crippen LogP contribution is -2.19. The number of benzene rings is 1. The monoisotopic (exact) mass is 176 g/mol. The molecule has 0 N–H and O–H groups in total. The van der Waals surface area contributed by atoms with Gasteiger partial charge in [-0.05, 0) is 12.1 Å². The van der Waals surface area contributed by atoms with Crippen LogP contribution in [-0.4, -0.2) is 6.03 Å². The van der Waals surface area contributed by atoms with Crippen LogP contribution in [-0.2, 0) is 0 Å². The van der Waals surface area contributed by atoms with E-state index in [1.165, 1.54) is 6.42 Å². The smallest absolute Gasteiger partial charge is 0.244 e. The third kappa shape index (κ3) is 2.47. The molecule has 0 fully saturated rings. The van der Waals surface area contributed by atoms with Gasteiger partial charge in [-0.25, -0.2) is 4.79 Å². The zero-order valence-corrected chi connectivity index (χ0v) is 7.82. The molecular formula is C10H12N2O. The van der Waals surface area contributed by atoms with Crippen LogP contribution in [0.1, 0.15) is 20.3 Å². The lowest BCUT2D eigenvalue weighted by Gasteiger charge is -1.75. The van der Waals surface area contributed by atoms with Crippen molar-refractivity contribution < 1.29 is 4.79 Å². The highest BCUT2D eigenvalue weighted by Crippen LogP contribution is 1.82. The Labute approximate surface area is 76.8 Å². The average Bonchev–Trinajstić information content (AvgIpc) is 2.45. The van der Waals surface area contributed by atoms with Gasteiger partial charge in [0.05, 0.1) is 10.7 Å². The second-order valence-electron chi connectivity index (χ2n) is 2.70. The molecule has 0 aromatic heterocycles. The first-order valence-corrected chi connectivity index (χ1v) is 4.34. The molecule has 2 rings (SSSR count). The van der Waals surface area contributed by atoms with Crippen LogP contribution in [0, 0.1) is 0 Å². The molecule has 0 radical (unpaired) electrons. The number of hydrogen-bond acceptors (Lipinski definition) is 1. The first-order valence-electron chi connectivity index (χ1n) is 4.34. The highest BCUT2D eigenvalue weighted by Gasteiger charge is 2.01. The third-order valence-electron chi connectivity index (χ3n) is 1.31. The van der Waals surface area contributed by atoms with Gasteiger partial charge in [-0.15, -0.1) is 0 Å². The van der Waals surface area contributed by atoms with E-state index in [2.05, 4.69) is 23.8 Å². The Morgan fingerprint density at radius 1 is 1.08 bits per heavy atom. The lowest BCUT2D eigenvalue weighted by molar-refractivity contribution is 0.256.